The first-order valence-corrected chi connectivity index (χ1v) is 6.93. The van der Waals surface area contributed by atoms with Gasteiger partial charge in [-0.1, -0.05) is 0 Å². The van der Waals surface area contributed by atoms with E-state index in [4.69, 9.17) is 5.84 Å². The monoisotopic (exact) mass is 273 g/mol. The van der Waals surface area contributed by atoms with Crippen molar-refractivity contribution in [3.05, 3.63) is 53.1 Å². The fourth-order valence-corrected chi connectivity index (χ4v) is 2.90. The second kappa shape index (κ2) is 5.08. The zero-order valence-corrected chi connectivity index (χ0v) is 11.4. The van der Waals surface area contributed by atoms with E-state index in [1.165, 1.54) is 5.56 Å². The van der Waals surface area contributed by atoms with E-state index in [2.05, 4.69) is 22.3 Å². The highest BCUT2D eigenvalue weighted by Gasteiger charge is 2.15. The summed E-state index contributed by atoms with van der Waals surface area (Å²) in [5.74, 6) is 5.68. The summed E-state index contributed by atoms with van der Waals surface area (Å²) in [6.45, 7) is 2.06. The van der Waals surface area contributed by atoms with Crippen molar-refractivity contribution >= 4 is 16.3 Å². The van der Waals surface area contributed by atoms with Gasteiger partial charge in [0.05, 0.1) is 11.7 Å². The van der Waals surface area contributed by atoms with Crippen LogP contribution >= 0.6 is 11.3 Å². The molecule has 1 atom stereocenters. The Morgan fingerprint density at radius 1 is 1.53 bits per heavy atom. The van der Waals surface area contributed by atoms with Gasteiger partial charge in [0, 0.05) is 36.6 Å². The molecule has 6 heteroatoms. The average molecular weight is 273 g/mol. The molecule has 0 aliphatic rings. The largest absolute Gasteiger partial charge is 0.297 e. The minimum absolute atomic E-state index is 0.0262. The molecule has 5 nitrogen and oxygen atoms in total. The van der Waals surface area contributed by atoms with Gasteiger partial charge in [0.15, 0.2) is 4.96 Å². The summed E-state index contributed by atoms with van der Waals surface area (Å²) >= 11 is 1.63. The Balaban J connectivity index is 1.87. The van der Waals surface area contributed by atoms with Crippen molar-refractivity contribution in [1.29, 1.82) is 0 Å². The Bertz CT molecular complexity index is 658. The van der Waals surface area contributed by atoms with Gasteiger partial charge < -0.3 is 0 Å². The highest BCUT2D eigenvalue weighted by molar-refractivity contribution is 7.15. The number of aromatic nitrogens is 3. The van der Waals surface area contributed by atoms with Gasteiger partial charge in [-0.05, 0) is 24.1 Å². The lowest BCUT2D eigenvalue weighted by Crippen LogP contribution is -2.30. The summed E-state index contributed by atoms with van der Waals surface area (Å²) in [6.07, 6.45) is 8.45. The lowest BCUT2D eigenvalue weighted by Gasteiger charge is -2.16. The van der Waals surface area contributed by atoms with Crippen molar-refractivity contribution in [3.63, 3.8) is 0 Å². The van der Waals surface area contributed by atoms with Crippen molar-refractivity contribution in [2.24, 2.45) is 5.84 Å². The van der Waals surface area contributed by atoms with Gasteiger partial charge in [-0.3, -0.25) is 20.7 Å². The number of hydrazine groups is 1. The molecule has 0 spiro atoms. The Labute approximate surface area is 115 Å². The molecule has 98 valence electrons. The molecule has 0 aromatic carbocycles. The van der Waals surface area contributed by atoms with Gasteiger partial charge in [-0.25, -0.2) is 4.98 Å². The SMILES string of the molecule is Cc1ccncc1C(Cc1cn2ccsc2n1)NN. The van der Waals surface area contributed by atoms with Crippen LogP contribution in [-0.4, -0.2) is 14.4 Å². The van der Waals surface area contributed by atoms with E-state index in [9.17, 15) is 0 Å². The quantitative estimate of drug-likeness (QED) is 0.562. The number of thiazole rings is 1. The van der Waals surface area contributed by atoms with E-state index < -0.39 is 0 Å². The van der Waals surface area contributed by atoms with Crippen LogP contribution in [0.4, 0.5) is 0 Å². The molecule has 1 unspecified atom stereocenters. The first-order chi connectivity index (χ1) is 9.28. The predicted molar refractivity (Wildman–Crippen MR) is 75.8 cm³/mol. The van der Waals surface area contributed by atoms with Crippen molar-refractivity contribution in [2.75, 3.05) is 0 Å². The molecular weight excluding hydrogens is 258 g/mol. The van der Waals surface area contributed by atoms with Crippen LogP contribution in [0.15, 0.2) is 36.2 Å². The second-order valence-electron chi connectivity index (χ2n) is 4.48. The fourth-order valence-electron chi connectivity index (χ4n) is 2.18. The zero-order valence-electron chi connectivity index (χ0n) is 10.6. The molecule has 0 saturated heterocycles. The third-order valence-electron chi connectivity index (χ3n) is 3.21. The standard InChI is InChI=1S/C13H15N5S/c1-9-2-3-15-7-11(9)12(17-14)6-10-8-18-4-5-19-13(18)16-10/h2-5,7-8,12,17H,6,14H2,1H3. The molecule has 0 bridgehead atoms. The highest BCUT2D eigenvalue weighted by atomic mass is 32.1. The van der Waals surface area contributed by atoms with Gasteiger partial charge >= 0.3 is 0 Å². The fraction of sp³-hybridized carbons (Fsp3) is 0.231. The number of rotatable bonds is 4. The van der Waals surface area contributed by atoms with Crippen molar-refractivity contribution < 1.29 is 0 Å². The van der Waals surface area contributed by atoms with Crippen LogP contribution in [0, 0.1) is 6.92 Å². The molecule has 3 rings (SSSR count). The number of nitrogens with two attached hydrogens (primary N) is 1. The molecule has 0 radical (unpaired) electrons. The maximum absolute atomic E-state index is 5.68. The number of fused-ring (bicyclic) bond motifs is 1. The van der Waals surface area contributed by atoms with Crippen LogP contribution < -0.4 is 11.3 Å². The topological polar surface area (TPSA) is 68.2 Å². The maximum atomic E-state index is 5.68. The van der Waals surface area contributed by atoms with Crippen molar-refractivity contribution in [2.45, 2.75) is 19.4 Å². The summed E-state index contributed by atoms with van der Waals surface area (Å²) in [6, 6.07) is 2.02. The third kappa shape index (κ3) is 2.37. The Morgan fingerprint density at radius 3 is 3.16 bits per heavy atom. The number of nitrogens with one attached hydrogen (secondary N) is 1. The molecule has 3 aromatic heterocycles. The van der Waals surface area contributed by atoms with E-state index in [0.29, 0.717) is 0 Å². The average Bonchev–Trinajstić information content (AvgIpc) is 2.97. The van der Waals surface area contributed by atoms with E-state index in [0.717, 1.165) is 22.6 Å². The number of nitrogens with zero attached hydrogens (tertiary/aromatic N) is 3. The summed E-state index contributed by atoms with van der Waals surface area (Å²) in [4.78, 5) is 9.76. The molecular formula is C13H15N5S. The van der Waals surface area contributed by atoms with E-state index in [-0.39, 0.29) is 6.04 Å². The van der Waals surface area contributed by atoms with Crippen LogP contribution in [0.1, 0.15) is 22.9 Å². The Morgan fingerprint density at radius 2 is 2.42 bits per heavy atom. The Hall–Kier alpha value is -1.76. The van der Waals surface area contributed by atoms with E-state index in [1.807, 2.05) is 34.4 Å². The predicted octanol–water partition coefficient (Wildman–Crippen LogP) is 1.85. The minimum atomic E-state index is 0.0262. The molecule has 0 fully saturated rings. The summed E-state index contributed by atoms with van der Waals surface area (Å²) in [5, 5.41) is 2.02. The van der Waals surface area contributed by atoms with Gasteiger partial charge in [0.1, 0.15) is 0 Å². The molecule has 0 amide bonds. The smallest absolute Gasteiger partial charge is 0.193 e. The molecule has 3 N–H and O–H groups in total. The van der Waals surface area contributed by atoms with Crippen LogP contribution in [0.3, 0.4) is 0 Å². The van der Waals surface area contributed by atoms with Crippen molar-refractivity contribution in [1.82, 2.24) is 19.8 Å². The number of hydrogen-bond donors (Lipinski definition) is 2. The van der Waals surface area contributed by atoms with Crippen molar-refractivity contribution in [3.8, 4) is 0 Å². The van der Waals surface area contributed by atoms with Gasteiger partial charge in [-0.15, -0.1) is 11.3 Å². The second-order valence-corrected chi connectivity index (χ2v) is 5.35. The minimum Gasteiger partial charge on any atom is -0.297 e. The van der Waals surface area contributed by atoms with Gasteiger partial charge in [0.2, 0.25) is 0 Å². The molecule has 0 aliphatic carbocycles. The third-order valence-corrected chi connectivity index (χ3v) is 3.98. The number of pyridine rings is 1. The summed E-state index contributed by atoms with van der Waals surface area (Å²) in [7, 11) is 0. The molecule has 0 aliphatic heterocycles. The van der Waals surface area contributed by atoms with Crippen LogP contribution in [0.5, 0.6) is 0 Å². The van der Waals surface area contributed by atoms with Crippen LogP contribution in [0.25, 0.3) is 4.96 Å². The molecule has 3 heterocycles. The lowest BCUT2D eigenvalue weighted by atomic mass is 10.0. The maximum Gasteiger partial charge on any atom is 0.193 e. The highest BCUT2D eigenvalue weighted by Crippen LogP contribution is 2.21. The molecule has 0 saturated carbocycles. The first-order valence-electron chi connectivity index (χ1n) is 6.05. The van der Waals surface area contributed by atoms with E-state index >= 15 is 0 Å². The normalized spacial score (nSPS) is 12.9. The van der Waals surface area contributed by atoms with Crippen LogP contribution in [0.2, 0.25) is 0 Å². The number of aryl methyl sites for hydroxylation is 1. The number of imidazole rings is 1. The Kier molecular flexibility index (Phi) is 3.29. The summed E-state index contributed by atoms with van der Waals surface area (Å²) in [5.41, 5.74) is 6.18. The molecule has 19 heavy (non-hydrogen) atoms. The lowest BCUT2D eigenvalue weighted by molar-refractivity contribution is 0.543. The van der Waals surface area contributed by atoms with Crippen LogP contribution in [-0.2, 0) is 6.42 Å². The number of hydrogen-bond acceptors (Lipinski definition) is 5. The van der Waals surface area contributed by atoms with Gasteiger partial charge in [0.25, 0.3) is 0 Å². The zero-order chi connectivity index (χ0) is 13.2. The first kappa shape index (κ1) is 12.3. The van der Waals surface area contributed by atoms with E-state index in [1.54, 1.807) is 17.5 Å². The summed E-state index contributed by atoms with van der Waals surface area (Å²) < 4.78 is 2.03. The van der Waals surface area contributed by atoms with Gasteiger partial charge in [-0.2, -0.15) is 0 Å². The molecule has 3 aromatic rings.